The summed E-state index contributed by atoms with van der Waals surface area (Å²) in [5, 5.41) is 9.42. The second-order valence-electron chi connectivity index (χ2n) is 4.45. The molecule has 4 nitrogen and oxygen atoms in total. The van der Waals surface area contributed by atoms with Gasteiger partial charge in [0.1, 0.15) is 0 Å². The topological polar surface area (TPSA) is 49.2 Å². The van der Waals surface area contributed by atoms with Crippen molar-refractivity contribution in [2.24, 2.45) is 0 Å². The van der Waals surface area contributed by atoms with Crippen molar-refractivity contribution in [2.45, 2.75) is 32.3 Å². The molecule has 5 heteroatoms. The minimum Gasteiger partial charge on any atom is -0.391 e. The van der Waals surface area contributed by atoms with Crippen LogP contribution in [0.3, 0.4) is 0 Å². The van der Waals surface area contributed by atoms with Gasteiger partial charge in [-0.25, -0.2) is 14.4 Å². The molecule has 2 rings (SSSR count). The van der Waals surface area contributed by atoms with Gasteiger partial charge in [-0.05, 0) is 12.3 Å². The molecular weight excluding hydrogens is 209 g/mol. The summed E-state index contributed by atoms with van der Waals surface area (Å²) < 4.78 is 13.4. The van der Waals surface area contributed by atoms with E-state index in [1.165, 1.54) is 6.20 Å². The molecule has 1 aliphatic rings. The molecule has 0 aliphatic carbocycles. The minimum absolute atomic E-state index is 0.0364. The number of nitrogens with zero attached hydrogens (tertiary/aromatic N) is 3. The number of rotatable bonds is 2. The predicted octanol–water partition coefficient (Wildman–Crippen LogP) is 1.31. The third-order valence-corrected chi connectivity index (χ3v) is 2.75. The number of hydrogen-bond acceptors (Lipinski definition) is 4. The number of hydrogen-bond donors (Lipinski definition) is 1. The van der Waals surface area contributed by atoms with Crippen LogP contribution in [0.25, 0.3) is 0 Å². The molecule has 2 heterocycles. The molecule has 0 bridgehead atoms. The van der Waals surface area contributed by atoms with Crippen molar-refractivity contribution in [3.05, 3.63) is 17.7 Å². The van der Waals surface area contributed by atoms with Crippen LogP contribution in [0.2, 0.25) is 0 Å². The van der Waals surface area contributed by atoms with Gasteiger partial charge in [-0.15, -0.1) is 0 Å². The fourth-order valence-electron chi connectivity index (χ4n) is 1.85. The molecule has 1 atom stereocenters. The smallest absolute Gasteiger partial charge is 0.225 e. The number of aromatic nitrogens is 2. The Morgan fingerprint density at radius 3 is 2.88 bits per heavy atom. The summed E-state index contributed by atoms with van der Waals surface area (Å²) in [6.45, 7) is 5.05. The highest BCUT2D eigenvalue weighted by atomic mass is 19.1. The molecule has 16 heavy (non-hydrogen) atoms. The van der Waals surface area contributed by atoms with E-state index in [2.05, 4.69) is 9.97 Å². The zero-order chi connectivity index (χ0) is 11.7. The van der Waals surface area contributed by atoms with Gasteiger partial charge in [-0.2, -0.15) is 0 Å². The van der Waals surface area contributed by atoms with Crippen LogP contribution in [-0.4, -0.2) is 34.3 Å². The molecule has 1 N–H and O–H groups in total. The molecule has 0 radical (unpaired) electrons. The third-order valence-electron chi connectivity index (χ3n) is 2.75. The first-order chi connectivity index (χ1) is 7.58. The SMILES string of the molecule is CC(C)c1nc(N2CCC(O)C2)ncc1F. The zero-order valence-corrected chi connectivity index (χ0v) is 9.52. The number of β-amino-alcohol motifs (C(OH)–C–C–N with tert-alkyl or cyclic N) is 1. The Balaban J connectivity index is 2.25. The van der Waals surface area contributed by atoms with Crippen molar-refractivity contribution in [3.8, 4) is 0 Å². The van der Waals surface area contributed by atoms with E-state index in [1.807, 2.05) is 18.7 Å². The maximum Gasteiger partial charge on any atom is 0.225 e. The number of aliphatic hydroxyl groups is 1. The first-order valence-electron chi connectivity index (χ1n) is 5.53. The Labute approximate surface area is 94.1 Å². The van der Waals surface area contributed by atoms with Gasteiger partial charge in [0.05, 0.1) is 18.0 Å². The fourth-order valence-corrected chi connectivity index (χ4v) is 1.85. The summed E-state index contributed by atoms with van der Waals surface area (Å²) in [5.41, 5.74) is 0.436. The molecule has 1 aliphatic heterocycles. The molecule has 0 spiro atoms. The van der Waals surface area contributed by atoms with Crippen LogP contribution in [0.5, 0.6) is 0 Å². The van der Waals surface area contributed by atoms with Crippen LogP contribution in [0, 0.1) is 5.82 Å². The van der Waals surface area contributed by atoms with Gasteiger partial charge in [0.2, 0.25) is 5.95 Å². The highest BCUT2D eigenvalue weighted by molar-refractivity contribution is 5.33. The number of aliphatic hydroxyl groups excluding tert-OH is 1. The molecule has 0 amide bonds. The highest BCUT2D eigenvalue weighted by Gasteiger charge is 2.23. The lowest BCUT2D eigenvalue weighted by Gasteiger charge is -2.16. The molecule has 1 aromatic heterocycles. The maximum absolute atomic E-state index is 13.4. The lowest BCUT2D eigenvalue weighted by Crippen LogP contribution is -2.24. The predicted molar refractivity (Wildman–Crippen MR) is 58.9 cm³/mol. The van der Waals surface area contributed by atoms with Crippen molar-refractivity contribution < 1.29 is 9.50 Å². The van der Waals surface area contributed by atoms with Crippen molar-refractivity contribution in [2.75, 3.05) is 18.0 Å². The molecule has 1 unspecified atom stereocenters. The van der Waals surface area contributed by atoms with E-state index in [9.17, 15) is 9.50 Å². The van der Waals surface area contributed by atoms with E-state index in [-0.39, 0.29) is 17.8 Å². The van der Waals surface area contributed by atoms with Crippen LogP contribution in [0.15, 0.2) is 6.20 Å². The lowest BCUT2D eigenvalue weighted by molar-refractivity contribution is 0.198. The average molecular weight is 225 g/mol. The van der Waals surface area contributed by atoms with Crippen LogP contribution in [-0.2, 0) is 0 Å². The van der Waals surface area contributed by atoms with Gasteiger partial charge in [0.15, 0.2) is 5.82 Å². The van der Waals surface area contributed by atoms with E-state index in [0.717, 1.165) is 13.0 Å². The summed E-state index contributed by atoms with van der Waals surface area (Å²) >= 11 is 0. The van der Waals surface area contributed by atoms with Crippen molar-refractivity contribution in [3.63, 3.8) is 0 Å². The molecular formula is C11H16FN3O. The summed E-state index contributed by atoms with van der Waals surface area (Å²) in [6, 6.07) is 0. The second-order valence-corrected chi connectivity index (χ2v) is 4.45. The van der Waals surface area contributed by atoms with Gasteiger partial charge < -0.3 is 10.0 Å². The van der Waals surface area contributed by atoms with Crippen LogP contribution < -0.4 is 4.90 Å². The summed E-state index contributed by atoms with van der Waals surface area (Å²) in [6.07, 6.45) is 1.61. The van der Waals surface area contributed by atoms with Gasteiger partial charge in [0.25, 0.3) is 0 Å². The van der Waals surface area contributed by atoms with E-state index in [4.69, 9.17) is 0 Å². The average Bonchev–Trinajstić information content (AvgIpc) is 2.65. The Kier molecular flexibility index (Phi) is 3.05. The van der Waals surface area contributed by atoms with Crippen molar-refractivity contribution in [1.82, 2.24) is 9.97 Å². The standard InChI is InChI=1S/C11H16FN3O/c1-7(2)10-9(12)5-13-11(14-10)15-4-3-8(16)6-15/h5,7-8,16H,3-4,6H2,1-2H3. The first kappa shape index (κ1) is 11.3. The molecule has 1 aromatic rings. The van der Waals surface area contributed by atoms with Crippen LogP contribution >= 0.6 is 0 Å². The lowest BCUT2D eigenvalue weighted by atomic mass is 10.1. The second kappa shape index (κ2) is 4.33. The van der Waals surface area contributed by atoms with E-state index in [0.29, 0.717) is 18.2 Å². The molecule has 0 aromatic carbocycles. The molecule has 0 saturated carbocycles. The number of anilines is 1. The quantitative estimate of drug-likeness (QED) is 0.824. The van der Waals surface area contributed by atoms with E-state index >= 15 is 0 Å². The van der Waals surface area contributed by atoms with Crippen LogP contribution in [0.1, 0.15) is 31.9 Å². The monoisotopic (exact) mass is 225 g/mol. The van der Waals surface area contributed by atoms with Gasteiger partial charge >= 0.3 is 0 Å². The Hall–Kier alpha value is -1.23. The highest BCUT2D eigenvalue weighted by Crippen LogP contribution is 2.20. The van der Waals surface area contributed by atoms with Crippen LogP contribution in [0.4, 0.5) is 10.3 Å². The van der Waals surface area contributed by atoms with E-state index in [1.54, 1.807) is 0 Å². The third kappa shape index (κ3) is 2.14. The summed E-state index contributed by atoms with van der Waals surface area (Å²) in [4.78, 5) is 10.1. The Bertz CT molecular complexity index is 383. The molecule has 88 valence electrons. The van der Waals surface area contributed by atoms with E-state index < -0.39 is 0 Å². The normalized spacial score (nSPS) is 20.8. The largest absolute Gasteiger partial charge is 0.391 e. The van der Waals surface area contributed by atoms with Gasteiger partial charge in [-0.3, -0.25) is 0 Å². The number of halogens is 1. The first-order valence-corrected chi connectivity index (χ1v) is 5.53. The fraction of sp³-hybridized carbons (Fsp3) is 0.636. The Morgan fingerprint density at radius 1 is 1.56 bits per heavy atom. The van der Waals surface area contributed by atoms with Gasteiger partial charge in [0, 0.05) is 13.1 Å². The minimum atomic E-state index is -0.363. The zero-order valence-electron chi connectivity index (χ0n) is 9.52. The Morgan fingerprint density at radius 2 is 2.31 bits per heavy atom. The van der Waals surface area contributed by atoms with Crippen molar-refractivity contribution >= 4 is 5.95 Å². The van der Waals surface area contributed by atoms with Crippen molar-refractivity contribution in [1.29, 1.82) is 0 Å². The molecule has 1 fully saturated rings. The summed E-state index contributed by atoms with van der Waals surface area (Å²) in [7, 11) is 0. The maximum atomic E-state index is 13.4. The molecule has 1 saturated heterocycles. The van der Waals surface area contributed by atoms with Gasteiger partial charge in [-0.1, -0.05) is 13.8 Å². The summed E-state index contributed by atoms with van der Waals surface area (Å²) in [5.74, 6) is 0.189.